The van der Waals surface area contributed by atoms with Gasteiger partial charge in [-0.05, 0) is 26.8 Å². The van der Waals surface area contributed by atoms with Crippen LogP contribution in [-0.2, 0) is 10.0 Å². The van der Waals surface area contributed by atoms with E-state index < -0.39 is 10.0 Å². The van der Waals surface area contributed by atoms with E-state index in [1.54, 1.807) is 6.20 Å². The molecule has 1 atom stereocenters. The molecule has 0 aliphatic heterocycles. The molecule has 19 heavy (non-hydrogen) atoms. The Balaban J connectivity index is 2.41. The molecule has 0 aliphatic carbocycles. The Bertz CT molecular complexity index is 483. The predicted octanol–water partition coefficient (Wildman–Crippen LogP) is 1.82. The van der Waals surface area contributed by atoms with Gasteiger partial charge in [-0.3, -0.25) is 0 Å². The number of hydrogen-bond donors (Lipinski definition) is 2. The van der Waals surface area contributed by atoms with Crippen molar-refractivity contribution in [3.05, 3.63) is 16.1 Å². The van der Waals surface area contributed by atoms with Crippen molar-refractivity contribution in [3.63, 3.8) is 0 Å². The van der Waals surface area contributed by atoms with E-state index in [1.807, 2.05) is 27.7 Å². The highest BCUT2D eigenvalue weighted by Gasteiger charge is 2.17. The molecule has 0 fully saturated rings. The van der Waals surface area contributed by atoms with Gasteiger partial charge in [0.15, 0.2) is 0 Å². The number of rotatable bonds is 8. The van der Waals surface area contributed by atoms with Crippen molar-refractivity contribution in [2.45, 2.75) is 46.2 Å². The number of aryl methyl sites for hydroxylation is 1. The maximum absolute atomic E-state index is 11.9. The fraction of sp³-hybridized carbons (Fsp3) is 0.750. The second-order valence-corrected chi connectivity index (χ2v) is 8.07. The lowest BCUT2D eigenvalue weighted by Gasteiger charge is -2.12. The van der Waals surface area contributed by atoms with Gasteiger partial charge in [-0.2, -0.15) is 0 Å². The second-order valence-electron chi connectivity index (χ2n) is 4.93. The molecule has 0 saturated heterocycles. The van der Waals surface area contributed by atoms with Crippen LogP contribution in [-0.4, -0.2) is 31.7 Å². The lowest BCUT2D eigenvalue weighted by molar-refractivity contribution is 0.551. The standard InChI is InChI=1S/C12H23N3O2S2/c1-9(2)13-6-5-7-19(16,17)15-11(4)12-14-8-10(3)18-12/h8-9,11,13,15H,5-7H2,1-4H3. The molecule has 0 amide bonds. The molecule has 0 spiro atoms. The summed E-state index contributed by atoms with van der Waals surface area (Å²) in [6.07, 6.45) is 2.37. The van der Waals surface area contributed by atoms with Gasteiger partial charge in [0.1, 0.15) is 5.01 Å². The Kier molecular flexibility index (Phi) is 6.38. The van der Waals surface area contributed by atoms with Crippen molar-refractivity contribution in [2.75, 3.05) is 12.3 Å². The molecule has 110 valence electrons. The largest absolute Gasteiger partial charge is 0.314 e. The van der Waals surface area contributed by atoms with Crippen molar-refractivity contribution >= 4 is 21.4 Å². The van der Waals surface area contributed by atoms with Gasteiger partial charge in [0.25, 0.3) is 0 Å². The number of nitrogens with one attached hydrogen (secondary N) is 2. The highest BCUT2D eigenvalue weighted by Crippen LogP contribution is 2.19. The van der Waals surface area contributed by atoms with Crippen LogP contribution < -0.4 is 10.0 Å². The molecule has 5 nitrogen and oxygen atoms in total. The van der Waals surface area contributed by atoms with Crippen LogP contribution in [0.4, 0.5) is 0 Å². The molecule has 0 radical (unpaired) electrons. The molecule has 1 aromatic rings. The quantitative estimate of drug-likeness (QED) is 0.719. The van der Waals surface area contributed by atoms with Crippen LogP contribution in [0, 0.1) is 6.92 Å². The SMILES string of the molecule is Cc1cnc(C(C)NS(=O)(=O)CCCNC(C)C)s1. The number of nitrogens with zero attached hydrogens (tertiary/aromatic N) is 1. The van der Waals surface area contributed by atoms with Gasteiger partial charge in [0, 0.05) is 17.1 Å². The van der Waals surface area contributed by atoms with E-state index in [0.29, 0.717) is 19.0 Å². The monoisotopic (exact) mass is 305 g/mol. The number of sulfonamides is 1. The van der Waals surface area contributed by atoms with Crippen LogP contribution in [0.1, 0.15) is 43.1 Å². The zero-order valence-corrected chi connectivity index (χ0v) is 13.6. The molecule has 2 N–H and O–H groups in total. The van der Waals surface area contributed by atoms with E-state index in [2.05, 4.69) is 15.0 Å². The van der Waals surface area contributed by atoms with Gasteiger partial charge in [0.05, 0.1) is 11.8 Å². The zero-order chi connectivity index (χ0) is 14.5. The van der Waals surface area contributed by atoms with E-state index in [0.717, 1.165) is 9.88 Å². The smallest absolute Gasteiger partial charge is 0.212 e. The Labute approximate surface area is 119 Å². The van der Waals surface area contributed by atoms with Crippen molar-refractivity contribution < 1.29 is 8.42 Å². The van der Waals surface area contributed by atoms with Gasteiger partial charge in [-0.15, -0.1) is 11.3 Å². The summed E-state index contributed by atoms with van der Waals surface area (Å²) >= 11 is 1.52. The van der Waals surface area contributed by atoms with E-state index in [1.165, 1.54) is 11.3 Å². The van der Waals surface area contributed by atoms with E-state index in [4.69, 9.17) is 0 Å². The van der Waals surface area contributed by atoms with Crippen molar-refractivity contribution in [1.29, 1.82) is 0 Å². The Morgan fingerprint density at radius 3 is 2.58 bits per heavy atom. The molecule has 0 aromatic carbocycles. The molecular formula is C12H23N3O2S2. The first-order valence-corrected chi connectivity index (χ1v) is 8.93. The van der Waals surface area contributed by atoms with Crippen molar-refractivity contribution in [2.24, 2.45) is 0 Å². The van der Waals surface area contributed by atoms with E-state index in [-0.39, 0.29) is 11.8 Å². The summed E-state index contributed by atoms with van der Waals surface area (Å²) in [6.45, 7) is 8.57. The zero-order valence-electron chi connectivity index (χ0n) is 11.9. The van der Waals surface area contributed by atoms with Crippen LogP contribution in [0.15, 0.2) is 6.20 Å². The molecule has 0 bridgehead atoms. The number of aromatic nitrogens is 1. The molecule has 1 aromatic heterocycles. The van der Waals surface area contributed by atoms with Crippen LogP contribution >= 0.6 is 11.3 Å². The number of hydrogen-bond acceptors (Lipinski definition) is 5. The molecule has 0 aliphatic rings. The van der Waals surface area contributed by atoms with Crippen molar-refractivity contribution in [3.8, 4) is 0 Å². The minimum atomic E-state index is -3.24. The van der Waals surface area contributed by atoms with Gasteiger partial charge in [-0.1, -0.05) is 13.8 Å². The Morgan fingerprint density at radius 2 is 2.05 bits per heavy atom. The van der Waals surface area contributed by atoms with Crippen molar-refractivity contribution in [1.82, 2.24) is 15.0 Å². The third kappa shape index (κ3) is 6.47. The summed E-state index contributed by atoms with van der Waals surface area (Å²) in [5.74, 6) is 0.140. The lowest BCUT2D eigenvalue weighted by Crippen LogP contribution is -2.31. The first kappa shape index (κ1) is 16.6. The molecule has 1 heterocycles. The molecule has 1 rings (SSSR count). The topological polar surface area (TPSA) is 71.1 Å². The van der Waals surface area contributed by atoms with Crippen LogP contribution in [0.25, 0.3) is 0 Å². The normalized spacial score (nSPS) is 13.9. The predicted molar refractivity (Wildman–Crippen MR) is 79.9 cm³/mol. The van der Waals surface area contributed by atoms with E-state index >= 15 is 0 Å². The Morgan fingerprint density at radius 1 is 1.37 bits per heavy atom. The van der Waals surface area contributed by atoms with E-state index in [9.17, 15) is 8.42 Å². The maximum atomic E-state index is 11.9. The fourth-order valence-corrected chi connectivity index (χ4v) is 3.75. The van der Waals surface area contributed by atoms with Gasteiger partial charge in [-0.25, -0.2) is 18.1 Å². The number of thiazole rings is 1. The summed E-state index contributed by atoms with van der Waals surface area (Å²) in [5, 5.41) is 4.01. The molecule has 0 saturated carbocycles. The first-order chi connectivity index (χ1) is 8.80. The van der Waals surface area contributed by atoms with Crippen LogP contribution in [0.5, 0.6) is 0 Å². The average Bonchev–Trinajstić information content (AvgIpc) is 2.70. The minimum absolute atomic E-state index is 0.140. The van der Waals surface area contributed by atoms with Crippen LogP contribution in [0.2, 0.25) is 0 Å². The highest BCUT2D eigenvalue weighted by molar-refractivity contribution is 7.89. The van der Waals surface area contributed by atoms with Gasteiger partial charge < -0.3 is 5.32 Å². The Hall–Kier alpha value is -0.500. The van der Waals surface area contributed by atoms with Gasteiger partial charge >= 0.3 is 0 Å². The molecular weight excluding hydrogens is 282 g/mol. The van der Waals surface area contributed by atoms with Gasteiger partial charge in [0.2, 0.25) is 10.0 Å². The summed E-state index contributed by atoms with van der Waals surface area (Å²) in [5.41, 5.74) is 0. The first-order valence-electron chi connectivity index (χ1n) is 6.46. The summed E-state index contributed by atoms with van der Waals surface area (Å²) in [7, 11) is -3.24. The fourth-order valence-electron chi connectivity index (χ4n) is 1.60. The lowest BCUT2D eigenvalue weighted by atomic mass is 10.4. The van der Waals surface area contributed by atoms with Crippen LogP contribution in [0.3, 0.4) is 0 Å². The third-order valence-electron chi connectivity index (χ3n) is 2.51. The summed E-state index contributed by atoms with van der Waals surface area (Å²) in [6, 6.07) is 0.120. The summed E-state index contributed by atoms with van der Waals surface area (Å²) < 4.78 is 26.5. The highest BCUT2D eigenvalue weighted by atomic mass is 32.2. The maximum Gasteiger partial charge on any atom is 0.212 e. The average molecular weight is 305 g/mol. The molecule has 7 heteroatoms. The minimum Gasteiger partial charge on any atom is -0.314 e. The second kappa shape index (κ2) is 7.33. The molecule has 1 unspecified atom stereocenters. The third-order valence-corrected chi connectivity index (χ3v) is 5.14. The summed E-state index contributed by atoms with van der Waals surface area (Å²) in [4.78, 5) is 5.28.